The quantitative estimate of drug-likeness (QED) is 0.853. The highest BCUT2D eigenvalue weighted by molar-refractivity contribution is 5.94. The lowest BCUT2D eigenvalue weighted by Crippen LogP contribution is -2.46. The maximum absolute atomic E-state index is 12.3. The Morgan fingerprint density at radius 1 is 1.33 bits per heavy atom. The topological polar surface area (TPSA) is 83.7 Å². The summed E-state index contributed by atoms with van der Waals surface area (Å²) in [6.07, 6.45) is 5.68. The summed E-state index contributed by atoms with van der Waals surface area (Å²) in [5.41, 5.74) is 0.0941. The Hall–Kier alpha value is -2.21. The van der Waals surface area contributed by atoms with Gasteiger partial charge in [0.05, 0.1) is 12.1 Å². The van der Waals surface area contributed by atoms with Gasteiger partial charge in [-0.25, -0.2) is 4.98 Å². The van der Waals surface area contributed by atoms with Crippen molar-refractivity contribution in [2.24, 2.45) is 0 Å². The molecule has 1 amide bonds. The molecular weight excluding hydrogens is 270 g/mol. The monoisotopic (exact) mass is 287 g/mol. The average molecular weight is 287 g/mol. The molecule has 1 saturated carbocycles. The highest BCUT2D eigenvalue weighted by Gasteiger charge is 2.26. The summed E-state index contributed by atoms with van der Waals surface area (Å²) in [4.78, 5) is 28.7. The van der Waals surface area contributed by atoms with E-state index >= 15 is 0 Å². The second-order valence-electron chi connectivity index (χ2n) is 5.34. The molecule has 21 heavy (non-hydrogen) atoms. The van der Waals surface area contributed by atoms with Crippen LogP contribution in [-0.4, -0.2) is 32.5 Å². The van der Waals surface area contributed by atoms with Crippen molar-refractivity contribution >= 4 is 11.6 Å². The molecule has 1 fully saturated rings. The number of carbonyl (C=O) groups excluding carboxylic acids is 1. The van der Waals surface area contributed by atoms with E-state index in [1.165, 1.54) is 10.6 Å². The number of nitrogens with zero attached hydrogens (tertiary/aromatic N) is 2. The third kappa shape index (κ3) is 2.67. The summed E-state index contributed by atoms with van der Waals surface area (Å²) >= 11 is 0. The van der Waals surface area contributed by atoms with E-state index in [0.29, 0.717) is 12.1 Å². The number of hydrogen-bond donors (Lipinski definition) is 2. The van der Waals surface area contributed by atoms with Gasteiger partial charge in [0.15, 0.2) is 0 Å². The van der Waals surface area contributed by atoms with Gasteiger partial charge in [-0.15, -0.1) is 0 Å². The van der Waals surface area contributed by atoms with Crippen LogP contribution in [-0.2, 0) is 0 Å². The van der Waals surface area contributed by atoms with E-state index in [4.69, 9.17) is 0 Å². The smallest absolute Gasteiger partial charge is 0.270 e. The number of pyridine rings is 1. The number of hydrogen-bond acceptors (Lipinski definition) is 4. The zero-order valence-corrected chi connectivity index (χ0v) is 11.5. The maximum atomic E-state index is 12.3. The normalized spacial score (nSPS) is 22.1. The van der Waals surface area contributed by atoms with Crippen LogP contribution in [0, 0.1) is 0 Å². The van der Waals surface area contributed by atoms with Crippen molar-refractivity contribution in [1.82, 2.24) is 14.7 Å². The summed E-state index contributed by atoms with van der Waals surface area (Å²) in [5, 5.41) is 12.6. The number of aliphatic hydroxyl groups excluding tert-OH is 1. The third-order valence-corrected chi connectivity index (χ3v) is 3.90. The first kappa shape index (κ1) is 13.8. The fourth-order valence-electron chi connectivity index (χ4n) is 2.71. The van der Waals surface area contributed by atoms with Crippen LogP contribution < -0.4 is 10.9 Å². The fraction of sp³-hybridized carbons (Fsp3) is 0.400. The van der Waals surface area contributed by atoms with Gasteiger partial charge in [0.25, 0.3) is 11.5 Å². The molecule has 2 aromatic rings. The molecule has 0 radical (unpaired) electrons. The van der Waals surface area contributed by atoms with Crippen molar-refractivity contribution in [3.63, 3.8) is 0 Å². The minimum absolute atomic E-state index is 0.00327. The van der Waals surface area contributed by atoms with E-state index in [0.717, 1.165) is 19.3 Å². The molecule has 0 aromatic carbocycles. The molecule has 2 atom stereocenters. The molecule has 2 aromatic heterocycles. The van der Waals surface area contributed by atoms with E-state index in [-0.39, 0.29) is 11.6 Å². The van der Waals surface area contributed by atoms with Crippen LogP contribution >= 0.6 is 0 Å². The van der Waals surface area contributed by atoms with Crippen molar-refractivity contribution in [2.45, 2.75) is 37.8 Å². The van der Waals surface area contributed by atoms with Gasteiger partial charge in [-0.3, -0.25) is 14.0 Å². The van der Waals surface area contributed by atoms with Crippen LogP contribution in [0.1, 0.15) is 36.0 Å². The number of aliphatic hydroxyl groups is 1. The fourth-order valence-corrected chi connectivity index (χ4v) is 2.71. The van der Waals surface area contributed by atoms with E-state index in [1.54, 1.807) is 24.4 Å². The summed E-state index contributed by atoms with van der Waals surface area (Å²) in [6.45, 7) is 0. The first-order chi connectivity index (χ1) is 10.2. The van der Waals surface area contributed by atoms with Crippen LogP contribution in [0.2, 0.25) is 0 Å². The van der Waals surface area contributed by atoms with Crippen LogP contribution in [0.3, 0.4) is 0 Å². The molecule has 2 heterocycles. The second kappa shape index (κ2) is 5.65. The van der Waals surface area contributed by atoms with E-state index in [9.17, 15) is 14.7 Å². The molecule has 2 unspecified atom stereocenters. The highest BCUT2D eigenvalue weighted by Crippen LogP contribution is 2.18. The molecule has 6 nitrogen and oxygen atoms in total. The van der Waals surface area contributed by atoms with Gasteiger partial charge in [0.2, 0.25) is 0 Å². The molecule has 0 spiro atoms. The van der Waals surface area contributed by atoms with Crippen LogP contribution in [0.25, 0.3) is 5.65 Å². The number of fused-ring (bicyclic) bond motifs is 1. The highest BCUT2D eigenvalue weighted by atomic mass is 16.3. The maximum Gasteiger partial charge on any atom is 0.270 e. The molecule has 110 valence electrons. The minimum Gasteiger partial charge on any atom is -0.391 e. The van der Waals surface area contributed by atoms with Crippen molar-refractivity contribution in [3.8, 4) is 0 Å². The average Bonchev–Trinajstić information content (AvgIpc) is 2.50. The molecule has 6 heteroatoms. The van der Waals surface area contributed by atoms with Crippen LogP contribution in [0.15, 0.2) is 35.4 Å². The second-order valence-corrected chi connectivity index (χ2v) is 5.34. The van der Waals surface area contributed by atoms with Crippen molar-refractivity contribution in [1.29, 1.82) is 0 Å². The first-order valence-electron chi connectivity index (χ1n) is 7.12. The summed E-state index contributed by atoms with van der Waals surface area (Å²) in [6, 6.07) is 4.90. The summed E-state index contributed by atoms with van der Waals surface area (Å²) in [7, 11) is 0. The molecule has 1 aliphatic rings. The Labute approximate surface area is 121 Å². The molecule has 1 aliphatic carbocycles. The molecule has 3 rings (SSSR count). The van der Waals surface area contributed by atoms with Gasteiger partial charge in [-0.2, -0.15) is 0 Å². The third-order valence-electron chi connectivity index (χ3n) is 3.90. The number of rotatable bonds is 2. The molecule has 0 saturated heterocycles. The molecule has 0 aliphatic heterocycles. The van der Waals surface area contributed by atoms with Gasteiger partial charge < -0.3 is 10.4 Å². The Morgan fingerprint density at radius 3 is 2.95 bits per heavy atom. The van der Waals surface area contributed by atoms with E-state index in [2.05, 4.69) is 10.3 Å². The van der Waals surface area contributed by atoms with Crippen molar-refractivity contribution < 1.29 is 9.90 Å². The Kier molecular flexibility index (Phi) is 3.70. The zero-order chi connectivity index (χ0) is 14.8. The van der Waals surface area contributed by atoms with Crippen LogP contribution in [0.5, 0.6) is 0 Å². The largest absolute Gasteiger partial charge is 0.391 e. The van der Waals surface area contributed by atoms with Gasteiger partial charge in [-0.1, -0.05) is 18.9 Å². The molecular formula is C15H17N3O3. The van der Waals surface area contributed by atoms with Gasteiger partial charge in [-0.05, 0) is 25.0 Å². The van der Waals surface area contributed by atoms with Gasteiger partial charge in [0, 0.05) is 12.4 Å². The van der Waals surface area contributed by atoms with Gasteiger partial charge >= 0.3 is 0 Å². The standard InChI is InChI=1S/C15H17N3O3/c19-12-6-2-1-5-11(12)17-14(20)10-9-16-13-7-3-4-8-18(13)15(10)21/h3-4,7-9,11-12,19H,1-2,5-6H2,(H,17,20). The van der Waals surface area contributed by atoms with Gasteiger partial charge in [0.1, 0.15) is 11.2 Å². The molecule has 0 bridgehead atoms. The first-order valence-corrected chi connectivity index (χ1v) is 7.12. The van der Waals surface area contributed by atoms with Crippen LogP contribution in [0.4, 0.5) is 0 Å². The minimum atomic E-state index is -0.543. The Balaban J connectivity index is 1.88. The lowest BCUT2D eigenvalue weighted by molar-refractivity contribution is 0.0716. The number of amides is 1. The lowest BCUT2D eigenvalue weighted by Gasteiger charge is -2.28. The number of nitrogens with one attached hydrogen (secondary N) is 1. The molecule has 2 N–H and O–H groups in total. The SMILES string of the molecule is O=C(NC1CCCCC1O)c1cnc2ccccn2c1=O. The summed E-state index contributed by atoms with van der Waals surface area (Å²) < 4.78 is 1.34. The van der Waals surface area contributed by atoms with Crippen molar-refractivity contribution in [2.75, 3.05) is 0 Å². The Bertz CT molecular complexity index is 725. The van der Waals surface area contributed by atoms with E-state index < -0.39 is 17.6 Å². The predicted molar refractivity (Wildman–Crippen MR) is 77.2 cm³/mol. The zero-order valence-electron chi connectivity index (χ0n) is 11.5. The van der Waals surface area contributed by atoms with E-state index in [1.807, 2.05) is 0 Å². The predicted octanol–water partition coefficient (Wildman–Crippen LogP) is 0.728. The summed E-state index contributed by atoms with van der Waals surface area (Å²) in [5.74, 6) is -0.475. The number of carbonyl (C=O) groups is 1. The Morgan fingerprint density at radius 2 is 2.14 bits per heavy atom. The van der Waals surface area contributed by atoms with Crippen molar-refractivity contribution in [3.05, 3.63) is 46.5 Å². The number of aromatic nitrogens is 2. The lowest BCUT2D eigenvalue weighted by atomic mass is 9.92.